The number of thioether (sulfide) groups is 1. The topological polar surface area (TPSA) is 38.3 Å². The quantitative estimate of drug-likeness (QED) is 0.836. The molecule has 1 aromatic carbocycles. The van der Waals surface area contributed by atoms with Crippen LogP contribution in [0.25, 0.3) is 0 Å². The second-order valence-corrected chi connectivity index (χ2v) is 6.63. The van der Waals surface area contributed by atoms with Crippen molar-refractivity contribution >= 4 is 17.7 Å². The SMILES string of the molecule is COc1ccc(CSCC(=O)NCC2CCCCC2)cc1. The van der Waals surface area contributed by atoms with Crippen LogP contribution >= 0.6 is 11.8 Å². The molecule has 1 aromatic rings. The Balaban J connectivity index is 1.59. The van der Waals surface area contributed by atoms with Crippen LogP contribution in [0.4, 0.5) is 0 Å². The van der Waals surface area contributed by atoms with E-state index in [0.717, 1.165) is 18.0 Å². The first-order valence-electron chi connectivity index (χ1n) is 7.75. The molecular formula is C17H25NO2S. The van der Waals surface area contributed by atoms with Crippen LogP contribution in [0.1, 0.15) is 37.7 Å². The minimum absolute atomic E-state index is 0.166. The van der Waals surface area contributed by atoms with Gasteiger partial charge >= 0.3 is 0 Å². The van der Waals surface area contributed by atoms with Crippen LogP contribution in [0.2, 0.25) is 0 Å². The Labute approximate surface area is 131 Å². The van der Waals surface area contributed by atoms with Gasteiger partial charge in [0.2, 0.25) is 5.91 Å². The summed E-state index contributed by atoms with van der Waals surface area (Å²) in [6.07, 6.45) is 6.57. The maximum absolute atomic E-state index is 11.8. The van der Waals surface area contributed by atoms with Crippen molar-refractivity contribution in [2.75, 3.05) is 19.4 Å². The summed E-state index contributed by atoms with van der Waals surface area (Å²) in [4.78, 5) is 11.8. The molecule has 0 heterocycles. The highest BCUT2D eigenvalue weighted by molar-refractivity contribution is 7.99. The largest absolute Gasteiger partial charge is 0.497 e. The van der Waals surface area contributed by atoms with Crippen LogP contribution < -0.4 is 10.1 Å². The summed E-state index contributed by atoms with van der Waals surface area (Å²) in [7, 11) is 1.67. The van der Waals surface area contributed by atoms with Crippen LogP contribution in [0, 0.1) is 5.92 Å². The Bertz CT molecular complexity index is 427. The first-order valence-corrected chi connectivity index (χ1v) is 8.91. The molecular weight excluding hydrogens is 282 g/mol. The molecule has 1 aliphatic rings. The molecule has 21 heavy (non-hydrogen) atoms. The molecule has 1 amide bonds. The van der Waals surface area contributed by atoms with E-state index in [1.54, 1.807) is 18.9 Å². The van der Waals surface area contributed by atoms with Gasteiger partial charge in [-0.1, -0.05) is 31.4 Å². The third kappa shape index (κ3) is 6.00. The zero-order chi connectivity index (χ0) is 14.9. The molecule has 1 fully saturated rings. The molecule has 0 radical (unpaired) electrons. The second-order valence-electron chi connectivity index (χ2n) is 5.65. The fraction of sp³-hybridized carbons (Fsp3) is 0.588. The lowest BCUT2D eigenvalue weighted by Gasteiger charge is -2.21. The zero-order valence-corrected chi connectivity index (χ0v) is 13.6. The number of nitrogens with one attached hydrogen (secondary N) is 1. The highest BCUT2D eigenvalue weighted by Gasteiger charge is 2.14. The molecule has 0 spiro atoms. The maximum Gasteiger partial charge on any atom is 0.230 e. The zero-order valence-electron chi connectivity index (χ0n) is 12.8. The Morgan fingerprint density at radius 2 is 1.95 bits per heavy atom. The molecule has 0 atom stereocenters. The fourth-order valence-electron chi connectivity index (χ4n) is 2.68. The van der Waals surface area contributed by atoms with Gasteiger partial charge in [0.1, 0.15) is 5.75 Å². The van der Waals surface area contributed by atoms with Crippen molar-refractivity contribution in [2.45, 2.75) is 37.9 Å². The molecule has 0 saturated heterocycles. The molecule has 0 aliphatic heterocycles. The second kappa shape index (κ2) is 8.98. The molecule has 0 aromatic heterocycles. The summed E-state index contributed by atoms with van der Waals surface area (Å²) in [5, 5.41) is 3.08. The van der Waals surface area contributed by atoms with E-state index in [9.17, 15) is 4.79 Å². The molecule has 0 bridgehead atoms. The first-order chi connectivity index (χ1) is 10.3. The predicted octanol–water partition coefficient (Wildman–Crippen LogP) is 3.62. The van der Waals surface area contributed by atoms with E-state index in [0.29, 0.717) is 11.7 Å². The summed E-state index contributed by atoms with van der Waals surface area (Å²) in [6, 6.07) is 8.01. The lowest BCUT2D eigenvalue weighted by molar-refractivity contribution is -0.118. The van der Waals surface area contributed by atoms with Gasteiger partial charge in [0, 0.05) is 12.3 Å². The Hall–Kier alpha value is -1.16. The van der Waals surface area contributed by atoms with Gasteiger partial charge < -0.3 is 10.1 Å². The smallest absolute Gasteiger partial charge is 0.230 e. The lowest BCUT2D eigenvalue weighted by Crippen LogP contribution is -2.31. The summed E-state index contributed by atoms with van der Waals surface area (Å²) >= 11 is 1.66. The number of hydrogen-bond donors (Lipinski definition) is 1. The van der Waals surface area contributed by atoms with E-state index in [4.69, 9.17) is 4.74 Å². The van der Waals surface area contributed by atoms with Gasteiger partial charge in [-0.2, -0.15) is 0 Å². The Morgan fingerprint density at radius 1 is 1.24 bits per heavy atom. The number of amides is 1. The lowest BCUT2D eigenvalue weighted by atomic mass is 9.89. The molecule has 1 aliphatic carbocycles. The van der Waals surface area contributed by atoms with Crippen molar-refractivity contribution in [3.8, 4) is 5.75 Å². The van der Waals surface area contributed by atoms with Gasteiger partial charge in [-0.3, -0.25) is 4.79 Å². The number of ether oxygens (including phenoxy) is 1. The van der Waals surface area contributed by atoms with Gasteiger partial charge in [0.15, 0.2) is 0 Å². The molecule has 1 N–H and O–H groups in total. The van der Waals surface area contributed by atoms with Gasteiger partial charge in [0.05, 0.1) is 12.9 Å². The van der Waals surface area contributed by atoms with Gasteiger partial charge in [-0.15, -0.1) is 11.8 Å². The molecule has 116 valence electrons. The molecule has 0 unspecified atom stereocenters. The van der Waals surface area contributed by atoms with Crippen molar-refractivity contribution in [1.82, 2.24) is 5.32 Å². The Morgan fingerprint density at radius 3 is 2.62 bits per heavy atom. The standard InChI is InChI=1S/C17H25NO2S/c1-20-16-9-7-15(8-10-16)12-21-13-17(19)18-11-14-5-3-2-4-6-14/h7-10,14H,2-6,11-13H2,1H3,(H,18,19). The van der Waals surface area contributed by atoms with E-state index < -0.39 is 0 Å². The van der Waals surface area contributed by atoms with Crippen molar-refractivity contribution in [2.24, 2.45) is 5.92 Å². The van der Waals surface area contributed by atoms with E-state index in [1.807, 2.05) is 24.3 Å². The van der Waals surface area contributed by atoms with Gasteiger partial charge in [-0.05, 0) is 36.5 Å². The summed E-state index contributed by atoms with van der Waals surface area (Å²) in [6.45, 7) is 0.863. The normalized spacial score (nSPS) is 15.7. The van der Waals surface area contributed by atoms with Crippen molar-refractivity contribution in [3.63, 3.8) is 0 Å². The van der Waals surface area contributed by atoms with Crippen LogP contribution in [0.3, 0.4) is 0 Å². The number of carbonyl (C=O) groups excluding carboxylic acids is 1. The van der Waals surface area contributed by atoms with Gasteiger partial charge in [0.25, 0.3) is 0 Å². The summed E-state index contributed by atoms with van der Waals surface area (Å²) in [5.74, 6) is 3.14. The third-order valence-corrected chi connectivity index (χ3v) is 4.98. The van der Waals surface area contributed by atoms with Crippen LogP contribution in [-0.4, -0.2) is 25.3 Å². The number of methoxy groups -OCH3 is 1. The third-order valence-electron chi connectivity index (χ3n) is 3.97. The van der Waals surface area contributed by atoms with E-state index in [-0.39, 0.29) is 5.91 Å². The summed E-state index contributed by atoms with van der Waals surface area (Å²) in [5.41, 5.74) is 1.22. The number of hydrogen-bond acceptors (Lipinski definition) is 3. The highest BCUT2D eigenvalue weighted by Crippen LogP contribution is 2.22. The highest BCUT2D eigenvalue weighted by atomic mass is 32.2. The minimum atomic E-state index is 0.166. The van der Waals surface area contributed by atoms with Crippen LogP contribution in [0.5, 0.6) is 5.75 Å². The average molecular weight is 307 g/mol. The van der Waals surface area contributed by atoms with Crippen molar-refractivity contribution in [1.29, 1.82) is 0 Å². The maximum atomic E-state index is 11.8. The molecule has 1 saturated carbocycles. The monoisotopic (exact) mass is 307 g/mol. The number of benzene rings is 1. The van der Waals surface area contributed by atoms with Crippen LogP contribution in [0.15, 0.2) is 24.3 Å². The molecule has 3 nitrogen and oxygen atoms in total. The van der Waals surface area contributed by atoms with E-state index in [1.165, 1.54) is 37.7 Å². The minimum Gasteiger partial charge on any atom is -0.497 e. The molecule has 4 heteroatoms. The van der Waals surface area contributed by atoms with Crippen LogP contribution in [-0.2, 0) is 10.5 Å². The number of carbonyl (C=O) groups is 1. The molecule has 2 rings (SSSR count). The first kappa shape index (κ1) is 16.2. The number of rotatable bonds is 7. The van der Waals surface area contributed by atoms with E-state index in [2.05, 4.69) is 5.32 Å². The Kier molecular flexibility index (Phi) is 6.93. The summed E-state index contributed by atoms with van der Waals surface area (Å²) < 4.78 is 5.13. The average Bonchev–Trinajstić information content (AvgIpc) is 2.54. The fourth-order valence-corrected chi connectivity index (χ4v) is 3.50. The van der Waals surface area contributed by atoms with Gasteiger partial charge in [-0.25, -0.2) is 0 Å². The van der Waals surface area contributed by atoms with Crippen molar-refractivity contribution in [3.05, 3.63) is 29.8 Å². The predicted molar refractivity (Wildman–Crippen MR) is 88.7 cm³/mol. The van der Waals surface area contributed by atoms with Crippen molar-refractivity contribution < 1.29 is 9.53 Å². The van der Waals surface area contributed by atoms with E-state index >= 15 is 0 Å².